The van der Waals surface area contributed by atoms with E-state index in [1.165, 1.54) is 44.5 Å². The number of nitrogens with zero attached hydrogens (tertiary/aromatic N) is 1. The van der Waals surface area contributed by atoms with Gasteiger partial charge in [0.2, 0.25) is 0 Å². The summed E-state index contributed by atoms with van der Waals surface area (Å²) in [5.41, 5.74) is 17.7. The van der Waals surface area contributed by atoms with Gasteiger partial charge in [-0.2, -0.15) is 0 Å². The summed E-state index contributed by atoms with van der Waals surface area (Å²) in [5, 5.41) is 0. The Bertz CT molecular complexity index is 2450. The van der Waals surface area contributed by atoms with Gasteiger partial charge in [-0.25, -0.2) is 0 Å². The van der Waals surface area contributed by atoms with Crippen molar-refractivity contribution in [2.45, 2.75) is 19.3 Å². The lowest BCUT2D eigenvalue weighted by molar-refractivity contribution is 0.660. The van der Waals surface area contributed by atoms with Gasteiger partial charge >= 0.3 is 0 Å². The summed E-state index contributed by atoms with van der Waals surface area (Å²) >= 11 is 0. The minimum atomic E-state index is -0.132. The number of anilines is 3. The molecule has 0 saturated carbocycles. The van der Waals surface area contributed by atoms with Gasteiger partial charge in [-0.15, -0.1) is 0 Å². The number of hydrogen-bond donors (Lipinski definition) is 0. The maximum absolute atomic E-state index is 4.15. The number of rotatable bonds is 9. The van der Waals surface area contributed by atoms with Gasteiger partial charge in [-0.1, -0.05) is 179 Å². The molecule has 52 heavy (non-hydrogen) atoms. The Morgan fingerprint density at radius 2 is 0.942 bits per heavy atom. The molecule has 0 N–H and O–H groups in total. The first-order valence-corrected chi connectivity index (χ1v) is 17.9. The van der Waals surface area contributed by atoms with Gasteiger partial charge in [0, 0.05) is 22.5 Å². The molecule has 1 aliphatic rings. The van der Waals surface area contributed by atoms with Gasteiger partial charge in [-0.3, -0.25) is 0 Å². The minimum absolute atomic E-state index is 0.132. The third kappa shape index (κ3) is 5.81. The minimum Gasteiger partial charge on any atom is -0.310 e. The molecule has 1 nitrogen and oxygen atoms in total. The monoisotopic (exact) mass is 667 g/mol. The maximum Gasteiger partial charge on any atom is 0.0468 e. The Labute approximate surface area is 308 Å². The lowest BCUT2D eigenvalue weighted by Gasteiger charge is -2.30. The van der Waals surface area contributed by atoms with Crippen LogP contribution in [0.3, 0.4) is 0 Å². The molecular formula is C51H41N. The van der Waals surface area contributed by atoms with Gasteiger partial charge < -0.3 is 4.90 Å². The van der Waals surface area contributed by atoms with Crippen molar-refractivity contribution in [3.05, 3.63) is 218 Å². The largest absolute Gasteiger partial charge is 0.310 e. The van der Waals surface area contributed by atoms with Crippen LogP contribution >= 0.6 is 0 Å². The fourth-order valence-electron chi connectivity index (χ4n) is 7.85. The average Bonchev–Trinajstić information content (AvgIpc) is 3.43. The molecule has 0 bridgehead atoms. The van der Waals surface area contributed by atoms with Crippen molar-refractivity contribution in [3.8, 4) is 44.5 Å². The van der Waals surface area contributed by atoms with Crippen molar-refractivity contribution in [1.82, 2.24) is 0 Å². The molecule has 7 aromatic carbocycles. The van der Waals surface area contributed by atoms with E-state index in [4.69, 9.17) is 0 Å². The van der Waals surface area contributed by atoms with Crippen molar-refractivity contribution in [3.63, 3.8) is 0 Å². The van der Waals surface area contributed by atoms with Gasteiger partial charge in [0.05, 0.1) is 0 Å². The van der Waals surface area contributed by atoms with Gasteiger partial charge in [-0.05, 0) is 103 Å². The van der Waals surface area contributed by atoms with Gasteiger partial charge in [0.25, 0.3) is 0 Å². The summed E-state index contributed by atoms with van der Waals surface area (Å²) in [6.07, 6.45) is 5.77. The Morgan fingerprint density at radius 3 is 1.56 bits per heavy atom. The van der Waals surface area contributed by atoms with E-state index in [0.29, 0.717) is 0 Å². The summed E-state index contributed by atoms with van der Waals surface area (Å²) < 4.78 is 0. The molecule has 250 valence electrons. The van der Waals surface area contributed by atoms with Crippen LogP contribution in [0.1, 0.15) is 30.5 Å². The quantitative estimate of drug-likeness (QED) is 0.139. The molecule has 7 aromatic rings. The van der Waals surface area contributed by atoms with Crippen molar-refractivity contribution >= 4 is 22.6 Å². The number of allylic oxidation sites excluding steroid dienone is 4. The van der Waals surface area contributed by atoms with Gasteiger partial charge in [0.15, 0.2) is 0 Å². The fourth-order valence-corrected chi connectivity index (χ4v) is 7.85. The zero-order valence-electron chi connectivity index (χ0n) is 29.8. The third-order valence-corrected chi connectivity index (χ3v) is 10.4. The van der Waals surface area contributed by atoms with Crippen molar-refractivity contribution in [2.75, 3.05) is 4.90 Å². The molecule has 0 atom stereocenters. The first kappa shape index (κ1) is 32.7. The summed E-state index contributed by atoms with van der Waals surface area (Å²) in [6.45, 7) is 12.8. The SMILES string of the molecule is C=C/C=C(\C=C)c1ccc(N(c2ccc(-c3ccccc3)c(-c3ccccc3)c2)c2ccc3c(c2)C(C)(C)c2ccccc2-3)cc1-c1ccccc1. The van der Waals surface area contributed by atoms with E-state index in [-0.39, 0.29) is 5.41 Å². The number of fused-ring (bicyclic) bond motifs is 3. The van der Waals surface area contributed by atoms with Crippen LogP contribution in [0.15, 0.2) is 201 Å². The Hall–Kier alpha value is -6.44. The Kier molecular flexibility index (Phi) is 8.63. The molecule has 0 heterocycles. The number of hydrogen-bond acceptors (Lipinski definition) is 1. The smallest absolute Gasteiger partial charge is 0.0468 e. The van der Waals surface area contributed by atoms with E-state index in [0.717, 1.165) is 39.3 Å². The molecule has 0 aliphatic heterocycles. The molecule has 0 spiro atoms. The van der Waals surface area contributed by atoms with E-state index in [9.17, 15) is 0 Å². The van der Waals surface area contributed by atoms with E-state index in [1.807, 2.05) is 18.2 Å². The first-order valence-electron chi connectivity index (χ1n) is 17.9. The summed E-state index contributed by atoms with van der Waals surface area (Å²) in [7, 11) is 0. The molecule has 8 rings (SSSR count). The molecule has 0 fully saturated rings. The van der Waals surface area contributed by atoms with Crippen molar-refractivity contribution < 1.29 is 0 Å². The average molecular weight is 668 g/mol. The Morgan fingerprint density at radius 1 is 0.462 bits per heavy atom. The third-order valence-electron chi connectivity index (χ3n) is 10.4. The zero-order chi connectivity index (χ0) is 35.7. The highest BCUT2D eigenvalue weighted by atomic mass is 15.1. The number of benzene rings is 7. The maximum atomic E-state index is 4.15. The van der Waals surface area contributed by atoms with Crippen molar-refractivity contribution in [1.29, 1.82) is 0 Å². The predicted molar refractivity (Wildman–Crippen MR) is 223 cm³/mol. The van der Waals surface area contributed by atoms with Crippen LogP contribution in [-0.2, 0) is 5.41 Å². The summed E-state index contributed by atoms with van der Waals surface area (Å²) in [5.74, 6) is 0. The second kappa shape index (κ2) is 13.7. The summed E-state index contributed by atoms with van der Waals surface area (Å²) in [4.78, 5) is 2.42. The predicted octanol–water partition coefficient (Wildman–Crippen LogP) is 14.2. The molecule has 0 amide bonds. The van der Waals surface area contributed by atoms with Gasteiger partial charge in [0.1, 0.15) is 0 Å². The topological polar surface area (TPSA) is 3.24 Å². The Balaban J connectivity index is 1.39. The lowest BCUT2D eigenvalue weighted by Crippen LogP contribution is -2.16. The normalized spacial score (nSPS) is 12.8. The molecule has 1 aliphatic carbocycles. The summed E-state index contributed by atoms with van der Waals surface area (Å²) in [6, 6.07) is 61.6. The standard InChI is InChI=1S/C51H41N/c1-5-18-36(6-2)43-30-27-40(33-47(43)38-21-12-8-13-22-38)52(42-29-32-46-45-25-16-17-26-49(45)51(3,4)50(46)35-42)41-28-31-44(37-19-10-7-11-20-37)48(34-41)39-23-14-9-15-24-39/h5-35H,1-2H2,3-4H3/b36-18+. The second-order valence-electron chi connectivity index (χ2n) is 13.9. The highest BCUT2D eigenvalue weighted by Crippen LogP contribution is 2.51. The highest BCUT2D eigenvalue weighted by molar-refractivity contribution is 5.93. The van der Waals surface area contributed by atoms with E-state index >= 15 is 0 Å². The van der Waals surface area contributed by atoms with Crippen LogP contribution < -0.4 is 4.90 Å². The second-order valence-corrected chi connectivity index (χ2v) is 13.9. The molecule has 0 aromatic heterocycles. The van der Waals surface area contributed by atoms with E-state index in [1.54, 1.807) is 0 Å². The molecule has 0 radical (unpaired) electrons. The van der Waals surface area contributed by atoms with Crippen LogP contribution in [0.25, 0.3) is 50.1 Å². The molecule has 0 saturated heterocycles. The zero-order valence-corrected chi connectivity index (χ0v) is 29.8. The fraction of sp³-hybridized carbons (Fsp3) is 0.0588. The van der Waals surface area contributed by atoms with Crippen LogP contribution in [0.4, 0.5) is 17.1 Å². The van der Waals surface area contributed by atoms with Crippen molar-refractivity contribution in [2.24, 2.45) is 0 Å². The van der Waals surface area contributed by atoms with E-state index in [2.05, 4.69) is 202 Å². The molecular weight excluding hydrogens is 627 g/mol. The van der Waals surface area contributed by atoms with Crippen LogP contribution in [0, 0.1) is 0 Å². The first-order chi connectivity index (χ1) is 25.5. The van der Waals surface area contributed by atoms with Crippen LogP contribution in [-0.4, -0.2) is 0 Å². The highest BCUT2D eigenvalue weighted by Gasteiger charge is 2.35. The molecule has 1 heteroatoms. The van der Waals surface area contributed by atoms with Crippen LogP contribution in [0.2, 0.25) is 0 Å². The molecule has 0 unspecified atom stereocenters. The lowest BCUT2D eigenvalue weighted by atomic mass is 9.82. The van der Waals surface area contributed by atoms with Crippen LogP contribution in [0.5, 0.6) is 0 Å². The van der Waals surface area contributed by atoms with E-state index < -0.39 is 0 Å².